The lowest BCUT2D eigenvalue weighted by atomic mass is 10.1. The Bertz CT molecular complexity index is 456. The maximum absolute atomic E-state index is 12.9. The van der Waals surface area contributed by atoms with Crippen LogP contribution in [0.5, 0.6) is 0 Å². The van der Waals surface area contributed by atoms with E-state index in [9.17, 15) is 4.39 Å². The van der Waals surface area contributed by atoms with Gasteiger partial charge in [-0.15, -0.1) is 11.6 Å². The zero-order chi connectivity index (χ0) is 9.97. The first-order chi connectivity index (χ1) is 6.81. The fraction of sp³-hybridized carbons (Fsp3) is 0.182. The maximum Gasteiger partial charge on any atom is 0.125 e. The molecule has 0 saturated carbocycles. The van der Waals surface area contributed by atoms with Gasteiger partial charge < -0.3 is 0 Å². The molecule has 1 aromatic heterocycles. The number of hydrogen-bond acceptors (Lipinski definition) is 1. The molecule has 1 nitrogen and oxygen atoms in total. The molecule has 1 aromatic carbocycles. The van der Waals surface area contributed by atoms with Crippen molar-refractivity contribution in [2.24, 2.45) is 0 Å². The van der Waals surface area contributed by atoms with Gasteiger partial charge in [0.15, 0.2) is 0 Å². The number of alkyl halides is 1. The van der Waals surface area contributed by atoms with E-state index in [1.807, 2.05) is 6.07 Å². The van der Waals surface area contributed by atoms with Gasteiger partial charge in [0.25, 0.3) is 0 Å². The smallest absolute Gasteiger partial charge is 0.125 e. The van der Waals surface area contributed by atoms with Gasteiger partial charge in [0.2, 0.25) is 0 Å². The Morgan fingerprint density at radius 1 is 1.29 bits per heavy atom. The highest BCUT2D eigenvalue weighted by atomic mass is 35.5. The average molecular weight is 210 g/mol. The molecule has 0 fully saturated rings. The normalized spacial score (nSPS) is 10.7. The lowest BCUT2D eigenvalue weighted by molar-refractivity contribution is 0.629. The van der Waals surface area contributed by atoms with Crippen LogP contribution in [-0.2, 0) is 6.42 Å². The van der Waals surface area contributed by atoms with Crippen molar-refractivity contribution in [2.45, 2.75) is 6.42 Å². The third kappa shape index (κ3) is 1.70. The van der Waals surface area contributed by atoms with Gasteiger partial charge in [-0.3, -0.25) is 4.98 Å². The van der Waals surface area contributed by atoms with E-state index < -0.39 is 0 Å². The summed E-state index contributed by atoms with van der Waals surface area (Å²) < 4.78 is 12.9. The standard InChI is InChI=1S/C11H9ClFN/c12-5-3-8-4-6-14-11-7-9(13)1-2-10(8)11/h1-2,4,6-7H,3,5H2. The quantitative estimate of drug-likeness (QED) is 0.693. The average Bonchev–Trinajstić information content (AvgIpc) is 2.18. The molecule has 2 aromatic rings. The van der Waals surface area contributed by atoms with Gasteiger partial charge in [-0.2, -0.15) is 0 Å². The fourth-order valence-electron chi connectivity index (χ4n) is 1.50. The third-order valence-corrected chi connectivity index (χ3v) is 2.35. The first-order valence-corrected chi connectivity index (χ1v) is 4.94. The van der Waals surface area contributed by atoms with E-state index in [4.69, 9.17) is 11.6 Å². The van der Waals surface area contributed by atoms with E-state index in [2.05, 4.69) is 4.98 Å². The number of hydrogen-bond donors (Lipinski definition) is 0. The maximum atomic E-state index is 12.9. The Labute approximate surface area is 86.5 Å². The van der Waals surface area contributed by atoms with Crippen molar-refractivity contribution >= 4 is 22.5 Å². The first kappa shape index (κ1) is 9.41. The van der Waals surface area contributed by atoms with Gasteiger partial charge in [0.1, 0.15) is 5.82 Å². The van der Waals surface area contributed by atoms with Gasteiger partial charge in [-0.05, 0) is 30.2 Å². The molecule has 0 unspecified atom stereocenters. The molecule has 1 heterocycles. The van der Waals surface area contributed by atoms with Gasteiger partial charge >= 0.3 is 0 Å². The van der Waals surface area contributed by atoms with Crippen molar-refractivity contribution < 1.29 is 4.39 Å². The van der Waals surface area contributed by atoms with E-state index in [1.165, 1.54) is 12.1 Å². The van der Waals surface area contributed by atoms with E-state index >= 15 is 0 Å². The molecule has 0 spiro atoms. The molecule has 0 aliphatic rings. The summed E-state index contributed by atoms with van der Waals surface area (Å²) in [6.45, 7) is 0. The lowest BCUT2D eigenvalue weighted by Gasteiger charge is -2.03. The molecule has 3 heteroatoms. The summed E-state index contributed by atoms with van der Waals surface area (Å²) in [6.07, 6.45) is 2.47. The van der Waals surface area contributed by atoms with E-state index in [-0.39, 0.29) is 5.82 Å². The number of halogens is 2. The highest BCUT2D eigenvalue weighted by Gasteiger charge is 2.01. The summed E-state index contributed by atoms with van der Waals surface area (Å²) in [5.74, 6) is 0.310. The molecule has 0 amide bonds. The predicted molar refractivity (Wildman–Crippen MR) is 56.1 cm³/mol. The van der Waals surface area contributed by atoms with E-state index in [0.29, 0.717) is 11.4 Å². The minimum absolute atomic E-state index is 0.256. The topological polar surface area (TPSA) is 12.9 Å². The van der Waals surface area contributed by atoms with Crippen LogP contribution >= 0.6 is 11.6 Å². The summed E-state index contributed by atoms with van der Waals surface area (Å²) >= 11 is 5.67. The summed E-state index contributed by atoms with van der Waals surface area (Å²) in [4.78, 5) is 4.10. The minimum atomic E-state index is -0.256. The second-order valence-electron chi connectivity index (χ2n) is 3.07. The van der Waals surface area contributed by atoms with Crippen LogP contribution in [0.25, 0.3) is 10.9 Å². The zero-order valence-electron chi connectivity index (χ0n) is 7.50. The molecule has 0 saturated heterocycles. The number of fused-ring (bicyclic) bond motifs is 1. The summed E-state index contributed by atoms with van der Waals surface area (Å²) in [7, 11) is 0. The molecule has 14 heavy (non-hydrogen) atoms. The zero-order valence-corrected chi connectivity index (χ0v) is 8.26. The van der Waals surface area contributed by atoms with Crippen molar-refractivity contribution in [3.8, 4) is 0 Å². The van der Waals surface area contributed by atoms with Crippen molar-refractivity contribution in [1.82, 2.24) is 4.98 Å². The van der Waals surface area contributed by atoms with Crippen LogP contribution in [0.3, 0.4) is 0 Å². The molecule has 0 bridgehead atoms. The number of aromatic nitrogens is 1. The van der Waals surface area contributed by atoms with Crippen LogP contribution in [0.4, 0.5) is 4.39 Å². The molecule has 0 radical (unpaired) electrons. The van der Waals surface area contributed by atoms with Crippen molar-refractivity contribution in [1.29, 1.82) is 0 Å². The van der Waals surface area contributed by atoms with Crippen LogP contribution in [0.15, 0.2) is 30.5 Å². The Morgan fingerprint density at radius 3 is 2.93 bits per heavy atom. The van der Waals surface area contributed by atoms with Crippen molar-refractivity contribution in [3.05, 3.63) is 41.8 Å². The number of benzene rings is 1. The van der Waals surface area contributed by atoms with E-state index in [1.54, 1.807) is 12.3 Å². The summed E-state index contributed by atoms with van der Waals surface area (Å²) in [5.41, 5.74) is 1.80. The second kappa shape index (κ2) is 3.93. The molecular weight excluding hydrogens is 201 g/mol. The Hall–Kier alpha value is -1.15. The van der Waals surface area contributed by atoms with Crippen LogP contribution in [0.1, 0.15) is 5.56 Å². The highest BCUT2D eigenvalue weighted by molar-refractivity contribution is 6.18. The molecule has 0 aliphatic carbocycles. The van der Waals surface area contributed by atoms with Gasteiger partial charge in [0, 0.05) is 23.5 Å². The van der Waals surface area contributed by atoms with Crippen LogP contribution in [0, 0.1) is 5.82 Å². The Kier molecular flexibility index (Phi) is 2.64. The van der Waals surface area contributed by atoms with Gasteiger partial charge in [-0.25, -0.2) is 4.39 Å². The fourth-order valence-corrected chi connectivity index (χ4v) is 1.70. The van der Waals surface area contributed by atoms with Crippen LogP contribution in [-0.4, -0.2) is 10.9 Å². The first-order valence-electron chi connectivity index (χ1n) is 4.40. The largest absolute Gasteiger partial charge is 0.256 e. The lowest BCUT2D eigenvalue weighted by Crippen LogP contribution is -1.90. The van der Waals surface area contributed by atoms with Crippen LogP contribution < -0.4 is 0 Å². The van der Waals surface area contributed by atoms with E-state index in [0.717, 1.165) is 17.4 Å². The molecule has 0 N–H and O–H groups in total. The molecule has 0 aliphatic heterocycles. The number of pyridine rings is 1. The Morgan fingerprint density at radius 2 is 2.14 bits per heavy atom. The molecule has 2 rings (SSSR count). The monoisotopic (exact) mass is 209 g/mol. The molecule has 72 valence electrons. The van der Waals surface area contributed by atoms with Crippen molar-refractivity contribution in [2.75, 3.05) is 5.88 Å². The molecular formula is C11H9ClFN. The second-order valence-corrected chi connectivity index (χ2v) is 3.45. The van der Waals surface area contributed by atoms with Crippen molar-refractivity contribution in [3.63, 3.8) is 0 Å². The Balaban J connectivity index is 2.62. The number of nitrogens with zero attached hydrogens (tertiary/aromatic N) is 1. The van der Waals surface area contributed by atoms with Gasteiger partial charge in [-0.1, -0.05) is 0 Å². The highest BCUT2D eigenvalue weighted by Crippen LogP contribution is 2.18. The third-order valence-electron chi connectivity index (χ3n) is 2.16. The number of aryl methyl sites for hydroxylation is 1. The SMILES string of the molecule is Fc1ccc2c(CCCl)ccnc2c1. The van der Waals surface area contributed by atoms with Gasteiger partial charge in [0.05, 0.1) is 5.52 Å². The van der Waals surface area contributed by atoms with Crippen LogP contribution in [0.2, 0.25) is 0 Å². The molecule has 0 atom stereocenters. The predicted octanol–water partition coefficient (Wildman–Crippen LogP) is 3.16. The summed E-state index contributed by atoms with van der Waals surface area (Å²) in [5, 5.41) is 0.981. The summed E-state index contributed by atoms with van der Waals surface area (Å²) in [6, 6.07) is 6.55. The minimum Gasteiger partial charge on any atom is -0.256 e. The number of rotatable bonds is 2.